The molecule has 0 fully saturated rings. The van der Waals surface area contributed by atoms with Crippen molar-refractivity contribution in [3.05, 3.63) is 107 Å². The highest BCUT2D eigenvalue weighted by atomic mass is 79.9. The van der Waals surface area contributed by atoms with E-state index in [4.69, 9.17) is 9.47 Å². The van der Waals surface area contributed by atoms with Crippen molar-refractivity contribution in [1.29, 1.82) is 0 Å². The van der Waals surface area contributed by atoms with Crippen molar-refractivity contribution in [1.82, 2.24) is 0 Å². The van der Waals surface area contributed by atoms with Crippen LogP contribution in [0.25, 0.3) is 0 Å². The molecule has 1 aliphatic carbocycles. The summed E-state index contributed by atoms with van der Waals surface area (Å²) in [5.41, 5.74) is 5.08. The van der Waals surface area contributed by atoms with E-state index in [9.17, 15) is 0 Å². The molecular formula is C25H23BrN2O2. The summed E-state index contributed by atoms with van der Waals surface area (Å²) in [5, 5.41) is 0. The minimum atomic E-state index is -0.00373. The molecule has 0 saturated heterocycles. The molecule has 5 heteroatoms. The molecule has 30 heavy (non-hydrogen) atoms. The average molecular weight is 463 g/mol. The number of para-hydroxylation sites is 2. The molecule has 1 atom stereocenters. The van der Waals surface area contributed by atoms with Gasteiger partial charge in [-0.1, -0.05) is 58.4 Å². The Morgan fingerprint density at radius 1 is 1.00 bits per heavy atom. The van der Waals surface area contributed by atoms with Crippen LogP contribution in [0.3, 0.4) is 0 Å². The minimum absolute atomic E-state index is 0.00373. The second kappa shape index (κ2) is 8.44. The van der Waals surface area contributed by atoms with Crippen LogP contribution < -0.4 is 9.80 Å². The first-order valence-electron chi connectivity index (χ1n) is 10.2. The fourth-order valence-corrected chi connectivity index (χ4v) is 4.53. The quantitative estimate of drug-likeness (QED) is 0.524. The van der Waals surface area contributed by atoms with Crippen LogP contribution in [0.5, 0.6) is 0 Å². The van der Waals surface area contributed by atoms with Crippen LogP contribution in [-0.4, -0.2) is 12.7 Å². The van der Waals surface area contributed by atoms with Crippen LogP contribution in [0.15, 0.2) is 101 Å². The molecule has 2 aliphatic heterocycles. The highest BCUT2D eigenvalue weighted by molar-refractivity contribution is 9.10. The zero-order valence-corrected chi connectivity index (χ0v) is 18.2. The number of hydrogen-bond acceptors (Lipinski definition) is 4. The van der Waals surface area contributed by atoms with Crippen LogP contribution in [0.1, 0.15) is 18.4 Å². The Hall–Kier alpha value is -2.92. The van der Waals surface area contributed by atoms with E-state index in [2.05, 4.69) is 92.5 Å². The van der Waals surface area contributed by atoms with Gasteiger partial charge in [0.15, 0.2) is 5.76 Å². The topological polar surface area (TPSA) is 24.9 Å². The number of rotatable bonds is 5. The zero-order valence-electron chi connectivity index (χ0n) is 16.6. The van der Waals surface area contributed by atoms with Crippen LogP contribution >= 0.6 is 15.9 Å². The van der Waals surface area contributed by atoms with Crippen LogP contribution in [0.4, 0.5) is 11.4 Å². The Kier molecular flexibility index (Phi) is 5.37. The first-order chi connectivity index (χ1) is 14.8. The molecule has 152 valence electrons. The largest absolute Gasteiger partial charge is 0.466 e. The van der Waals surface area contributed by atoms with Gasteiger partial charge in [0.1, 0.15) is 24.8 Å². The molecule has 0 N–H and O–H groups in total. The smallest absolute Gasteiger partial charge is 0.165 e. The lowest BCUT2D eigenvalue weighted by atomic mass is 9.95. The Balaban J connectivity index is 1.50. The summed E-state index contributed by atoms with van der Waals surface area (Å²) in [6.45, 7) is 1.63. The SMILES string of the molecule is Brc1ccc(CN2CN(C(C3=CC=CCC3)C3=COC=CO3)c3ccccc32)cc1. The molecule has 4 nitrogen and oxygen atoms in total. The second-order valence-corrected chi connectivity index (χ2v) is 8.50. The number of anilines is 2. The van der Waals surface area contributed by atoms with E-state index in [1.165, 1.54) is 22.5 Å². The third kappa shape index (κ3) is 3.77. The molecule has 3 aliphatic rings. The van der Waals surface area contributed by atoms with E-state index >= 15 is 0 Å². The third-order valence-electron chi connectivity index (χ3n) is 5.64. The van der Waals surface area contributed by atoms with Gasteiger partial charge in [0.2, 0.25) is 0 Å². The third-order valence-corrected chi connectivity index (χ3v) is 6.17. The van der Waals surface area contributed by atoms with Gasteiger partial charge >= 0.3 is 0 Å². The van der Waals surface area contributed by atoms with Crippen LogP contribution in [0.2, 0.25) is 0 Å². The Morgan fingerprint density at radius 3 is 2.57 bits per heavy atom. The molecule has 2 aromatic carbocycles. The van der Waals surface area contributed by atoms with E-state index in [-0.39, 0.29) is 6.04 Å². The van der Waals surface area contributed by atoms with Gasteiger partial charge in [-0.15, -0.1) is 0 Å². The normalized spacial score (nSPS) is 18.3. The maximum Gasteiger partial charge on any atom is 0.165 e. The molecule has 5 rings (SSSR count). The fourth-order valence-electron chi connectivity index (χ4n) is 4.26. The summed E-state index contributed by atoms with van der Waals surface area (Å²) < 4.78 is 12.5. The average Bonchev–Trinajstić information content (AvgIpc) is 3.15. The minimum Gasteiger partial charge on any atom is -0.466 e. The fraction of sp³-hybridized carbons (Fsp3) is 0.200. The molecule has 1 unspecified atom stereocenters. The van der Waals surface area contributed by atoms with Gasteiger partial charge in [-0.25, -0.2) is 0 Å². The van der Waals surface area contributed by atoms with Gasteiger partial charge in [0, 0.05) is 11.0 Å². The van der Waals surface area contributed by atoms with Crippen molar-refractivity contribution in [3.63, 3.8) is 0 Å². The lowest BCUT2D eigenvalue weighted by Crippen LogP contribution is -2.41. The van der Waals surface area contributed by atoms with Crippen molar-refractivity contribution in [2.24, 2.45) is 0 Å². The standard InChI is InChI=1S/C25H23BrN2O2/c26-21-12-10-19(11-13-21)16-27-18-28(23-9-5-4-8-22(23)27)25(20-6-2-1-3-7-20)24-17-29-14-15-30-24/h1-2,4-6,8-15,17,25H,3,7,16,18H2. The summed E-state index contributed by atoms with van der Waals surface area (Å²) in [6, 6.07) is 17.2. The van der Waals surface area contributed by atoms with Crippen LogP contribution in [-0.2, 0) is 16.0 Å². The maximum absolute atomic E-state index is 5.91. The monoisotopic (exact) mass is 462 g/mol. The molecule has 0 radical (unpaired) electrons. The Bertz CT molecular complexity index is 1040. The van der Waals surface area contributed by atoms with E-state index in [1.807, 2.05) is 0 Å². The zero-order chi connectivity index (χ0) is 20.3. The number of hydrogen-bond donors (Lipinski definition) is 0. The molecule has 2 heterocycles. The van der Waals surface area contributed by atoms with Gasteiger partial charge in [-0.05, 0) is 48.2 Å². The van der Waals surface area contributed by atoms with E-state index in [0.717, 1.165) is 36.3 Å². The Labute approximate surface area is 185 Å². The lowest BCUT2D eigenvalue weighted by molar-refractivity contribution is 0.239. The van der Waals surface area contributed by atoms with Gasteiger partial charge in [0.25, 0.3) is 0 Å². The van der Waals surface area contributed by atoms with Gasteiger partial charge in [-0.2, -0.15) is 0 Å². The summed E-state index contributed by atoms with van der Waals surface area (Å²) in [7, 11) is 0. The van der Waals surface area contributed by atoms with Crippen molar-refractivity contribution in [2.75, 3.05) is 16.5 Å². The van der Waals surface area contributed by atoms with Crippen molar-refractivity contribution in [2.45, 2.75) is 25.4 Å². The Morgan fingerprint density at radius 2 is 1.83 bits per heavy atom. The van der Waals surface area contributed by atoms with Crippen LogP contribution in [0, 0.1) is 0 Å². The van der Waals surface area contributed by atoms with Crippen molar-refractivity contribution in [3.8, 4) is 0 Å². The molecule has 0 aromatic heterocycles. The summed E-state index contributed by atoms with van der Waals surface area (Å²) in [4.78, 5) is 4.85. The first-order valence-corrected chi connectivity index (χ1v) is 11.0. The molecule has 0 bridgehead atoms. The second-order valence-electron chi connectivity index (χ2n) is 7.58. The molecule has 0 saturated carbocycles. The summed E-state index contributed by atoms with van der Waals surface area (Å²) in [6.07, 6.45) is 13.5. The van der Waals surface area contributed by atoms with Gasteiger partial charge in [0.05, 0.1) is 18.0 Å². The van der Waals surface area contributed by atoms with Gasteiger partial charge < -0.3 is 19.3 Å². The number of ether oxygens (including phenoxy) is 2. The van der Waals surface area contributed by atoms with E-state index in [0.29, 0.717) is 0 Å². The summed E-state index contributed by atoms with van der Waals surface area (Å²) in [5.74, 6) is 0.819. The van der Waals surface area contributed by atoms with E-state index in [1.54, 1.807) is 18.8 Å². The lowest BCUT2D eigenvalue weighted by Gasteiger charge is -2.34. The summed E-state index contributed by atoms with van der Waals surface area (Å²) >= 11 is 3.53. The predicted molar refractivity (Wildman–Crippen MR) is 124 cm³/mol. The highest BCUT2D eigenvalue weighted by Crippen LogP contribution is 2.41. The predicted octanol–water partition coefficient (Wildman–Crippen LogP) is 6.24. The molecule has 0 amide bonds. The molecule has 0 spiro atoms. The van der Waals surface area contributed by atoms with Gasteiger partial charge in [-0.3, -0.25) is 0 Å². The number of halogens is 1. The molecular weight excluding hydrogens is 440 g/mol. The number of nitrogens with zero attached hydrogens (tertiary/aromatic N) is 2. The van der Waals surface area contributed by atoms with E-state index < -0.39 is 0 Å². The number of fused-ring (bicyclic) bond motifs is 1. The molecule has 2 aromatic rings. The maximum atomic E-state index is 5.91. The number of allylic oxidation sites excluding steroid dienone is 3. The first kappa shape index (κ1) is 19.1. The highest BCUT2D eigenvalue weighted by Gasteiger charge is 2.36. The van der Waals surface area contributed by atoms with Crippen molar-refractivity contribution >= 4 is 27.3 Å². The van der Waals surface area contributed by atoms with Crippen molar-refractivity contribution < 1.29 is 9.47 Å². The number of benzene rings is 2.